The first kappa shape index (κ1) is 11.8. The van der Waals surface area contributed by atoms with Crippen LogP contribution < -0.4 is 4.90 Å². The van der Waals surface area contributed by atoms with Crippen LogP contribution in [-0.2, 0) is 11.3 Å². The number of halogens is 1. The van der Waals surface area contributed by atoms with Crippen LogP contribution in [0.3, 0.4) is 0 Å². The Morgan fingerprint density at radius 1 is 1.11 bits per heavy atom. The normalized spacial score (nSPS) is 13.8. The highest BCUT2D eigenvalue weighted by molar-refractivity contribution is 6.52. The van der Waals surface area contributed by atoms with Crippen molar-refractivity contribution >= 4 is 29.0 Å². The molecule has 2 heterocycles. The first-order chi connectivity index (χ1) is 9.16. The molecule has 0 aliphatic carbocycles. The second-order valence-electron chi connectivity index (χ2n) is 4.07. The second kappa shape index (κ2) is 4.44. The van der Waals surface area contributed by atoms with E-state index in [9.17, 15) is 9.59 Å². The maximum Gasteiger partial charge on any atom is 0.299 e. The number of benzene rings is 1. The maximum atomic E-state index is 11.9. The fourth-order valence-electron chi connectivity index (χ4n) is 1.99. The summed E-state index contributed by atoms with van der Waals surface area (Å²) < 4.78 is 0. The van der Waals surface area contributed by atoms with E-state index >= 15 is 0 Å². The van der Waals surface area contributed by atoms with Crippen LogP contribution in [0.4, 0.5) is 5.69 Å². The molecule has 0 unspecified atom stereocenters. The van der Waals surface area contributed by atoms with Gasteiger partial charge in [0.2, 0.25) is 0 Å². The van der Waals surface area contributed by atoms with Crippen molar-refractivity contribution in [3.8, 4) is 0 Å². The molecule has 0 bridgehead atoms. The number of carbonyl (C=O) groups excluding carboxylic acids is 2. The van der Waals surface area contributed by atoms with Crippen LogP contribution in [-0.4, -0.2) is 21.7 Å². The monoisotopic (exact) mass is 273 g/mol. The van der Waals surface area contributed by atoms with Crippen LogP contribution in [0.1, 0.15) is 16.1 Å². The number of aromatic nitrogens is 2. The highest BCUT2D eigenvalue weighted by Crippen LogP contribution is 2.29. The van der Waals surface area contributed by atoms with Gasteiger partial charge in [0.05, 0.1) is 35.9 Å². The summed E-state index contributed by atoms with van der Waals surface area (Å²) in [6.45, 7) is 0.200. The van der Waals surface area contributed by atoms with Gasteiger partial charge in [0.25, 0.3) is 11.7 Å². The maximum absolute atomic E-state index is 11.9. The molecule has 0 spiro atoms. The van der Waals surface area contributed by atoms with Crippen LogP contribution in [0.15, 0.2) is 36.7 Å². The highest BCUT2D eigenvalue weighted by atomic mass is 35.5. The predicted octanol–water partition coefficient (Wildman–Crippen LogP) is 1.86. The lowest BCUT2D eigenvalue weighted by Gasteiger charge is -2.15. The average Bonchev–Trinajstić information content (AvgIpc) is 2.67. The van der Waals surface area contributed by atoms with Gasteiger partial charge in [0.1, 0.15) is 5.15 Å². The van der Waals surface area contributed by atoms with E-state index in [1.807, 2.05) is 0 Å². The Bertz CT molecular complexity index is 670. The summed E-state index contributed by atoms with van der Waals surface area (Å²) in [5.41, 5.74) is 1.60. The van der Waals surface area contributed by atoms with Crippen molar-refractivity contribution in [1.29, 1.82) is 0 Å². The SMILES string of the molecule is O=C1C(=O)N(Cc2cnc(Cl)cn2)c2ccccc21. The molecule has 2 aromatic rings. The molecule has 19 heavy (non-hydrogen) atoms. The van der Waals surface area contributed by atoms with E-state index in [1.165, 1.54) is 17.3 Å². The summed E-state index contributed by atoms with van der Waals surface area (Å²) in [6, 6.07) is 6.89. The molecule has 1 aromatic carbocycles. The lowest BCUT2D eigenvalue weighted by molar-refractivity contribution is -0.114. The molecule has 1 aromatic heterocycles. The largest absolute Gasteiger partial charge is 0.299 e. The number of anilines is 1. The van der Waals surface area contributed by atoms with Gasteiger partial charge >= 0.3 is 0 Å². The Morgan fingerprint density at radius 3 is 2.63 bits per heavy atom. The zero-order valence-corrected chi connectivity index (χ0v) is 10.5. The molecule has 0 saturated heterocycles. The molecule has 0 N–H and O–H groups in total. The number of hydrogen-bond donors (Lipinski definition) is 0. The summed E-state index contributed by atoms with van der Waals surface area (Å²) in [5, 5.41) is 0.285. The summed E-state index contributed by atoms with van der Waals surface area (Å²) >= 11 is 5.65. The standard InChI is InChI=1S/C13H8ClN3O2/c14-11-6-15-8(5-16-11)7-17-10-4-2-1-3-9(10)12(18)13(17)19/h1-6H,7H2. The van der Waals surface area contributed by atoms with Gasteiger partial charge in [0, 0.05) is 0 Å². The smallest absolute Gasteiger partial charge is 0.299 e. The van der Waals surface area contributed by atoms with Crippen molar-refractivity contribution in [3.63, 3.8) is 0 Å². The van der Waals surface area contributed by atoms with Gasteiger partial charge in [-0.25, -0.2) is 4.98 Å². The molecule has 1 amide bonds. The van der Waals surface area contributed by atoms with Gasteiger partial charge in [0.15, 0.2) is 0 Å². The Hall–Kier alpha value is -2.27. The van der Waals surface area contributed by atoms with E-state index in [1.54, 1.807) is 24.3 Å². The Balaban J connectivity index is 1.95. The van der Waals surface area contributed by atoms with Crippen LogP contribution >= 0.6 is 11.6 Å². The number of amides is 1. The lowest BCUT2D eigenvalue weighted by Crippen LogP contribution is -2.29. The van der Waals surface area contributed by atoms with Gasteiger partial charge in [-0.2, -0.15) is 0 Å². The van der Waals surface area contributed by atoms with Gasteiger partial charge in [-0.05, 0) is 12.1 Å². The van der Waals surface area contributed by atoms with E-state index in [0.29, 0.717) is 16.9 Å². The molecule has 0 atom stereocenters. The molecule has 6 heteroatoms. The average molecular weight is 274 g/mol. The Morgan fingerprint density at radius 2 is 1.89 bits per heavy atom. The Labute approximate surface area is 113 Å². The number of rotatable bonds is 2. The van der Waals surface area contributed by atoms with Gasteiger partial charge in [-0.15, -0.1) is 0 Å². The summed E-state index contributed by atoms with van der Waals surface area (Å²) in [7, 11) is 0. The number of ketones is 1. The minimum absolute atomic E-state index is 0.200. The van der Waals surface area contributed by atoms with Crippen molar-refractivity contribution in [1.82, 2.24) is 9.97 Å². The first-order valence-electron chi connectivity index (χ1n) is 5.58. The minimum Gasteiger partial charge on any atom is -0.299 e. The third kappa shape index (κ3) is 1.98. The third-order valence-corrected chi connectivity index (χ3v) is 3.07. The number of fused-ring (bicyclic) bond motifs is 1. The van der Waals surface area contributed by atoms with E-state index in [2.05, 4.69) is 9.97 Å². The van der Waals surface area contributed by atoms with Crippen molar-refractivity contribution < 1.29 is 9.59 Å². The number of hydrogen-bond acceptors (Lipinski definition) is 4. The predicted molar refractivity (Wildman–Crippen MR) is 69.0 cm³/mol. The second-order valence-corrected chi connectivity index (χ2v) is 4.46. The summed E-state index contributed by atoms with van der Waals surface area (Å²) in [4.78, 5) is 33.1. The molecule has 0 saturated carbocycles. The number of carbonyl (C=O) groups is 2. The molecule has 1 aliphatic heterocycles. The van der Waals surface area contributed by atoms with Crippen molar-refractivity contribution in [2.24, 2.45) is 0 Å². The fraction of sp³-hybridized carbons (Fsp3) is 0.0769. The van der Waals surface area contributed by atoms with Crippen LogP contribution in [0, 0.1) is 0 Å². The minimum atomic E-state index is -0.544. The number of nitrogens with zero attached hydrogens (tertiary/aromatic N) is 3. The van der Waals surface area contributed by atoms with Gasteiger partial charge in [-0.1, -0.05) is 23.7 Å². The van der Waals surface area contributed by atoms with E-state index in [-0.39, 0.29) is 11.7 Å². The third-order valence-electron chi connectivity index (χ3n) is 2.87. The molecule has 0 radical (unpaired) electrons. The topological polar surface area (TPSA) is 63.2 Å². The number of Topliss-reactive ketones (excluding diaryl/α,β-unsaturated/α-hetero) is 1. The highest BCUT2D eigenvalue weighted by Gasteiger charge is 2.35. The summed E-state index contributed by atoms with van der Waals surface area (Å²) in [6.07, 6.45) is 2.90. The molecule has 0 fully saturated rings. The van der Waals surface area contributed by atoms with Crippen LogP contribution in [0.5, 0.6) is 0 Å². The zero-order chi connectivity index (χ0) is 13.4. The van der Waals surface area contributed by atoms with E-state index in [4.69, 9.17) is 11.6 Å². The fourth-order valence-corrected chi connectivity index (χ4v) is 2.09. The van der Waals surface area contributed by atoms with Crippen LogP contribution in [0.2, 0.25) is 5.15 Å². The Kier molecular flexibility index (Phi) is 2.76. The van der Waals surface area contributed by atoms with Gasteiger partial charge in [-0.3, -0.25) is 19.5 Å². The van der Waals surface area contributed by atoms with Crippen molar-refractivity contribution in [3.05, 3.63) is 53.1 Å². The molecule has 3 rings (SSSR count). The molecular formula is C13H8ClN3O2. The molecule has 5 nitrogen and oxygen atoms in total. The number of para-hydroxylation sites is 1. The summed E-state index contributed by atoms with van der Waals surface area (Å²) in [5.74, 6) is -1.03. The zero-order valence-electron chi connectivity index (χ0n) is 9.71. The first-order valence-corrected chi connectivity index (χ1v) is 5.96. The van der Waals surface area contributed by atoms with E-state index < -0.39 is 11.7 Å². The van der Waals surface area contributed by atoms with Gasteiger partial charge < -0.3 is 0 Å². The van der Waals surface area contributed by atoms with Crippen molar-refractivity contribution in [2.45, 2.75) is 6.54 Å². The van der Waals surface area contributed by atoms with Crippen LogP contribution in [0.25, 0.3) is 0 Å². The van der Waals surface area contributed by atoms with Crippen molar-refractivity contribution in [2.75, 3.05) is 4.90 Å². The lowest BCUT2D eigenvalue weighted by atomic mass is 10.1. The molecular weight excluding hydrogens is 266 g/mol. The van der Waals surface area contributed by atoms with E-state index in [0.717, 1.165) is 0 Å². The molecule has 1 aliphatic rings. The molecule has 94 valence electrons. The quantitative estimate of drug-likeness (QED) is 0.784.